The van der Waals surface area contributed by atoms with Crippen LogP contribution in [0, 0.1) is 0 Å². The van der Waals surface area contributed by atoms with Crippen molar-refractivity contribution in [3.05, 3.63) is 42.4 Å². The highest BCUT2D eigenvalue weighted by atomic mass is 32.1. The summed E-state index contributed by atoms with van der Waals surface area (Å²) in [6.45, 7) is 8.01. The molecular formula is C20H30N4O3S. The highest BCUT2D eigenvalue weighted by Crippen LogP contribution is 2.27. The molecule has 2 aromatic rings. The lowest BCUT2D eigenvalue weighted by atomic mass is 9.96. The van der Waals surface area contributed by atoms with E-state index in [0.717, 1.165) is 55.8 Å². The minimum atomic E-state index is 0.461. The first-order chi connectivity index (χ1) is 13.8. The normalized spacial score (nSPS) is 15.1. The van der Waals surface area contributed by atoms with Crippen LogP contribution in [-0.2, 0) is 22.6 Å². The van der Waals surface area contributed by atoms with Crippen LogP contribution in [0.2, 0.25) is 0 Å². The quantitative estimate of drug-likeness (QED) is 0.481. The Labute approximate surface area is 172 Å². The number of nitrogens with zero attached hydrogens (tertiary/aromatic N) is 3. The molecule has 154 valence electrons. The Kier molecular flexibility index (Phi) is 8.32. The van der Waals surface area contributed by atoms with Gasteiger partial charge in [-0.05, 0) is 44.1 Å². The minimum absolute atomic E-state index is 0.461. The summed E-state index contributed by atoms with van der Waals surface area (Å²) < 4.78 is 18.5. The highest BCUT2D eigenvalue weighted by Gasteiger charge is 2.25. The largest absolute Gasteiger partial charge is 0.467 e. The molecule has 28 heavy (non-hydrogen) atoms. The summed E-state index contributed by atoms with van der Waals surface area (Å²) in [5.41, 5.74) is 0. The maximum absolute atomic E-state index is 5.64. The van der Waals surface area contributed by atoms with E-state index in [1.165, 1.54) is 0 Å². The number of furan rings is 1. The number of aromatic nitrogens is 2. The van der Waals surface area contributed by atoms with E-state index in [1.807, 2.05) is 31.5 Å². The van der Waals surface area contributed by atoms with E-state index >= 15 is 0 Å². The average molecular weight is 407 g/mol. The fraction of sp³-hybridized carbons (Fsp3) is 0.600. The molecule has 0 radical (unpaired) electrons. The smallest absolute Gasteiger partial charge is 0.169 e. The third-order valence-corrected chi connectivity index (χ3v) is 5.34. The summed E-state index contributed by atoms with van der Waals surface area (Å²) in [4.78, 5) is 6.85. The van der Waals surface area contributed by atoms with E-state index in [1.54, 1.807) is 6.26 Å². The molecule has 3 rings (SSSR count). The number of rotatable bonds is 10. The van der Waals surface area contributed by atoms with Crippen molar-refractivity contribution in [3.63, 3.8) is 0 Å². The van der Waals surface area contributed by atoms with Crippen LogP contribution in [-0.4, -0.2) is 59.1 Å². The van der Waals surface area contributed by atoms with Gasteiger partial charge in [0, 0.05) is 44.6 Å². The van der Waals surface area contributed by atoms with Gasteiger partial charge in [-0.3, -0.25) is 0 Å². The fourth-order valence-electron chi connectivity index (χ4n) is 3.43. The average Bonchev–Trinajstić information content (AvgIpc) is 3.41. The second-order valence-electron chi connectivity index (χ2n) is 6.79. The Morgan fingerprint density at radius 2 is 2.11 bits per heavy atom. The van der Waals surface area contributed by atoms with E-state index in [9.17, 15) is 0 Å². The highest BCUT2D eigenvalue weighted by molar-refractivity contribution is 7.80. The number of imidazole rings is 1. The van der Waals surface area contributed by atoms with Crippen molar-refractivity contribution in [2.24, 2.45) is 0 Å². The van der Waals surface area contributed by atoms with Crippen LogP contribution in [0.3, 0.4) is 0 Å². The van der Waals surface area contributed by atoms with Crippen LogP contribution in [0.1, 0.15) is 37.3 Å². The van der Waals surface area contributed by atoms with Gasteiger partial charge in [-0.15, -0.1) is 0 Å². The molecule has 0 unspecified atom stereocenters. The summed E-state index contributed by atoms with van der Waals surface area (Å²) in [7, 11) is 0. The summed E-state index contributed by atoms with van der Waals surface area (Å²) in [5, 5.41) is 4.07. The van der Waals surface area contributed by atoms with Gasteiger partial charge in [0.1, 0.15) is 11.6 Å². The third kappa shape index (κ3) is 6.05. The second kappa shape index (κ2) is 11.2. The number of nitrogens with one attached hydrogen (secondary N) is 1. The molecule has 3 heterocycles. The molecule has 0 aliphatic carbocycles. The van der Waals surface area contributed by atoms with E-state index < -0.39 is 0 Å². The van der Waals surface area contributed by atoms with Crippen molar-refractivity contribution in [2.45, 2.75) is 38.8 Å². The van der Waals surface area contributed by atoms with Crippen LogP contribution in [0.25, 0.3) is 0 Å². The van der Waals surface area contributed by atoms with Gasteiger partial charge in [0.15, 0.2) is 5.11 Å². The standard InChI is InChI=1S/C20H30N4O3S/c1-2-25-14-15-26-13-11-23-10-7-21-19(23)17-5-8-24(9-6-17)20(28)22-16-18-4-3-12-27-18/h3-4,7,10,12,17H,2,5-6,8-9,11,13-16H2,1H3,(H,22,28). The molecule has 0 amide bonds. The van der Waals surface area contributed by atoms with Crippen molar-refractivity contribution in [1.29, 1.82) is 0 Å². The van der Waals surface area contributed by atoms with Crippen LogP contribution in [0.4, 0.5) is 0 Å². The predicted molar refractivity (Wildman–Crippen MR) is 111 cm³/mol. The van der Waals surface area contributed by atoms with Crippen molar-refractivity contribution in [3.8, 4) is 0 Å². The topological polar surface area (TPSA) is 64.7 Å². The molecule has 2 aromatic heterocycles. The maximum atomic E-state index is 5.64. The van der Waals surface area contributed by atoms with Gasteiger partial charge in [-0.1, -0.05) is 0 Å². The molecular weight excluding hydrogens is 376 g/mol. The van der Waals surface area contributed by atoms with Crippen LogP contribution < -0.4 is 5.32 Å². The molecule has 1 saturated heterocycles. The first-order valence-corrected chi connectivity index (χ1v) is 10.4. The Balaban J connectivity index is 1.40. The summed E-state index contributed by atoms with van der Waals surface area (Å²) in [6, 6.07) is 3.83. The van der Waals surface area contributed by atoms with E-state index in [0.29, 0.717) is 32.3 Å². The van der Waals surface area contributed by atoms with Crippen LogP contribution in [0.15, 0.2) is 35.2 Å². The zero-order valence-electron chi connectivity index (χ0n) is 16.5. The molecule has 8 heteroatoms. The molecule has 1 fully saturated rings. The molecule has 0 saturated carbocycles. The molecule has 1 aliphatic rings. The monoisotopic (exact) mass is 406 g/mol. The predicted octanol–water partition coefficient (Wildman–Crippen LogP) is 2.78. The maximum Gasteiger partial charge on any atom is 0.169 e. The van der Waals surface area contributed by atoms with Gasteiger partial charge >= 0.3 is 0 Å². The van der Waals surface area contributed by atoms with E-state index in [4.69, 9.17) is 26.1 Å². The number of ether oxygens (including phenoxy) is 2. The Morgan fingerprint density at radius 1 is 1.29 bits per heavy atom. The zero-order chi connectivity index (χ0) is 19.6. The van der Waals surface area contributed by atoms with Crippen molar-refractivity contribution < 1.29 is 13.9 Å². The second-order valence-corrected chi connectivity index (χ2v) is 7.17. The molecule has 0 spiro atoms. The van der Waals surface area contributed by atoms with Gasteiger partial charge < -0.3 is 28.7 Å². The number of likely N-dealkylation sites (tertiary alicyclic amines) is 1. The lowest BCUT2D eigenvalue weighted by Gasteiger charge is -2.33. The van der Waals surface area contributed by atoms with E-state index in [-0.39, 0.29) is 0 Å². The number of hydrogen-bond donors (Lipinski definition) is 1. The minimum Gasteiger partial charge on any atom is -0.467 e. The number of thiocarbonyl (C=S) groups is 1. The molecule has 1 N–H and O–H groups in total. The van der Waals surface area contributed by atoms with Crippen molar-refractivity contribution >= 4 is 17.3 Å². The van der Waals surface area contributed by atoms with Gasteiger partial charge in [0.05, 0.1) is 32.6 Å². The summed E-state index contributed by atoms with van der Waals surface area (Å²) >= 11 is 5.54. The van der Waals surface area contributed by atoms with Crippen molar-refractivity contribution in [1.82, 2.24) is 19.8 Å². The Bertz CT molecular complexity index is 696. The lowest BCUT2D eigenvalue weighted by molar-refractivity contribution is 0.0493. The van der Waals surface area contributed by atoms with Gasteiger partial charge in [-0.25, -0.2) is 4.98 Å². The van der Waals surface area contributed by atoms with Crippen LogP contribution in [0.5, 0.6) is 0 Å². The van der Waals surface area contributed by atoms with Crippen molar-refractivity contribution in [2.75, 3.05) is 39.5 Å². The first kappa shape index (κ1) is 20.8. The Morgan fingerprint density at radius 3 is 2.86 bits per heavy atom. The van der Waals surface area contributed by atoms with Crippen LogP contribution >= 0.6 is 12.2 Å². The molecule has 0 bridgehead atoms. The fourth-order valence-corrected chi connectivity index (χ4v) is 3.68. The first-order valence-electron chi connectivity index (χ1n) is 9.99. The van der Waals surface area contributed by atoms with Gasteiger partial charge in [0.2, 0.25) is 0 Å². The van der Waals surface area contributed by atoms with Gasteiger partial charge in [-0.2, -0.15) is 0 Å². The molecule has 1 aliphatic heterocycles. The summed E-state index contributed by atoms with van der Waals surface area (Å²) in [5.74, 6) is 2.51. The van der Waals surface area contributed by atoms with Gasteiger partial charge in [0.25, 0.3) is 0 Å². The Hall–Kier alpha value is -1.90. The number of piperidine rings is 1. The third-order valence-electron chi connectivity index (χ3n) is 4.94. The molecule has 0 atom stereocenters. The zero-order valence-corrected chi connectivity index (χ0v) is 17.3. The SMILES string of the molecule is CCOCCOCCn1ccnc1C1CCN(C(=S)NCc2ccco2)CC1. The molecule has 0 aromatic carbocycles. The lowest BCUT2D eigenvalue weighted by Crippen LogP contribution is -2.43. The molecule has 7 nitrogen and oxygen atoms in total. The summed E-state index contributed by atoms with van der Waals surface area (Å²) in [6.07, 6.45) is 7.70. The van der Waals surface area contributed by atoms with E-state index in [2.05, 4.69) is 19.8 Å². The number of hydrogen-bond acceptors (Lipinski definition) is 5.